The molecule has 24 heavy (non-hydrogen) atoms. The van der Waals surface area contributed by atoms with Crippen LogP contribution in [0.4, 0.5) is 4.79 Å². The lowest BCUT2D eigenvalue weighted by Gasteiger charge is -2.05. The number of nitrogens with zero attached hydrogens (tertiary/aromatic N) is 4. The van der Waals surface area contributed by atoms with E-state index in [1.54, 1.807) is 0 Å². The highest BCUT2D eigenvalue weighted by Gasteiger charge is 2.24. The summed E-state index contributed by atoms with van der Waals surface area (Å²) in [7, 11) is 0. The Morgan fingerprint density at radius 3 is 2.58 bits per heavy atom. The second-order valence-corrected chi connectivity index (χ2v) is 6.22. The third kappa shape index (κ3) is 4.15. The van der Waals surface area contributed by atoms with Crippen molar-refractivity contribution < 1.29 is 9.59 Å². The van der Waals surface area contributed by atoms with Gasteiger partial charge < -0.3 is 5.32 Å². The molecule has 8 nitrogen and oxygen atoms in total. The van der Waals surface area contributed by atoms with Gasteiger partial charge in [0.25, 0.3) is 5.91 Å². The molecule has 1 saturated carbocycles. The summed E-state index contributed by atoms with van der Waals surface area (Å²) < 4.78 is 0. The molecule has 0 atom stereocenters. The van der Waals surface area contributed by atoms with Gasteiger partial charge in [0.15, 0.2) is 0 Å². The molecule has 0 spiro atoms. The van der Waals surface area contributed by atoms with Crippen LogP contribution in [-0.2, 0) is 11.3 Å². The van der Waals surface area contributed by atoms with Crippen LogP contribution in [0.5, 0.6) is 0 Å². The number of carbonyl (C=O) groups excluding carboxylic acids is 2. The van der Waals surface area contributed by atoms with E-state index in [0.29, 0.717) is 11.7 Å². The van der Waals surface area contributed by atoms with E-state index >= 15 is 0 Å². The molecular weight excluding hydrogens is 308 g/mol. The summed E-state index contributed by atoms with van der Waals surface area (Å²) in [5.74, 6) is 0.418. The predicted molar refractivity (Wildman–Crippen MR) is 87.0 cm³/mol. The molecule has 1 fully saturated rings. The van der Waals surface area contributed by atoms with Gasteiger partial charge in [0.05, 0.1) is 0 Å². The molecule has 8 heteroatoms. The van der Waals surface area contributed by atoms with E-state index in [9.17, 15) is 9.59 Å². The van der Waals surface area contributed by atoms with E-state index in [-0.39, 0.29) is 12.6 Å². The van der Waals surface area contributed by atoms with Gasteiger partial charge in [-0.3, -0.25) is 10.1 Å². The zero-order valence-corrected chi connectivity index (χ0v) is 13.7. The lowest BCUT2D eigenvalue weighted by molar-refractivity contribution is -0.121. The third-order valence-corrected chi connectivity index (χ3v) is 3.74. The fraction of sp³-hybridized carbons (Fsp3) is 0.438. The highest BCUT2D eigenvalue weighted by atomic mass is 16.2. The van der Waals surface area contributed by atoms with Gasteiger partial charge in [0.1, 0.15) is 6.54 Å². The molecule has 0 unspecified atom stereocenters. The summed E-state index contributed by atoms with van der Waals surface area (Å²) in [6, 6.07) is 7.63. The largest absolute Gasteiger partial charge is 0.335 e. The lowest BCUT2D eigenvalue weighted by atomic mass is 10.0. The summed E-state index contributed by atoms with van der Waals surface area (Å²) >= 11 is 0. The standard InChI is InChI=1S/C16H20N6O2/c1-10(2)11-3-5-12(6-4-11)15-19-21-22(20-15)9-14(23)18-16(24)17-13-7-8-13/h3-6,10,13H,7-9H2,1-2H3,(H2,17,18,23,24). The summed E-state index contributed by atoms with van der Waals surface area (Å²) in [6.45, 7) is 4.10. The van der Waals surface area contributed by atoms with Crippen LogP contribution in [0.25, 0.3) is 11.4 Å². The molecule has 126 valence electrons. The Kier molecular flexibility index (Phi) is 4.54. The number of rotatable bonds is 5. The molecule has 0 radical (unpaired) electrons. The molecule has 3 amide bonds. The number of benzene rings is 1. The minimum atomic E-state index is -0.480. The van der Waals surface area contributed by atoms with E-state index in [4.69, 9.17) is 0 Å². The predicted octanol–water partition coefficient (Wildman–Crippen LogP) is 1.45. The normalized spacial score (nSPS) is 13.8. The monoisotopic (exact) mass is 328 g/mol. The molecule has 3 rings (SSSR count). The van der Waals surface area contributed by atoms with Gasteiger partial charge in [-0.05, 0) is 29.5 Å². The van der Waals surface area contributed by atoms with Crippen LogP contribution in [0.15, 0.2) is 24.3 Å². The maximum Gasteiger partial charge on any atom is 0.321 e. The Labute approximate surface area is 139 Å². The van der Waals surface area contributed by atoms with Gasteiger partial charge >= 0.3 is 6.03 Å². The van der Waals surface area contributed by atoms with Crippen LogP contribution in [0.3, 0.4) is 0 Å². The van der Waals surface area contributed by atoms with E-state index < -0.39 is 11.9 Å². The molecule has 1 aliphatic carbocycles. The Morgan fingerprint density at radius 1 is 1.25 bits per heavy atom. The molecule has 2 aromatic rings. The number of tetrazole rings is 1. The van der Waals surface area contributed by atoms with Gasteiger partial charge in [-0.2, -0.15) is 4.80 Å². The first kappa shape index (κ1) is 16.1. The van der Waals surface area contributed by atoms with Crippen LogP contribution in [0.2, 0.25) is 0 Å². The topological polar surface area (TPSA) is 102 Å². The maximum atomic E-state index is 11.8. The van der Waals surface area contributed by atoms with Crippen molar-refractivity contribution in [3.63, 3.8) is 0 Å². The van der Waals surface area contributed by atoms with E-state index in [2.05, 4.69) is 39.9 Å². The molecular formula is C16H20N6O2. The van der Waals surface area contributed by atoms with Gasteiger partial charge in [0.2, 0.25) is 5.82 Å². The summed E-state index contributed by atoms with van der Waals surface area (Å²) in [5, 5.41) is 16.9. The highest BCUT2D eigenvalue weighted by Crippen LogP contribution is 2.19. The average Bonchev–Trinajstić information content (AvgIpc) is 3.22. The molecule has 0 bridgehead atoms. The Bertz CT molecular complexity index is 733. The summed E-state index contributed by atoms with van der Waals surface area (Å²) in [6.07, 6.45) is 1.93. The van der Waals surface area contributed by atoms with Crippen molar-refractivity contribution in [2.45, 2.75) is 45.2 Å². The number of amides is 3. The zero-order chi connectivity index (χ0) is 17.1. The molecule has 0 saturated heterocycles. The lowest BCUT2D eigenvalue weighted by Crippen LogP contribution is -2.42. The number of hydrogen-bond acceptors (Lipinski definition) is 5. The molecule has 1 aromatic carbocycles. The summed E-state index contributed by atoms with van der Waals surface area (Å²) in [4.78, 5) is 24.5. The zero-order valence-electron chi connectivity index (χ0n) is 13.7. The van der Waals surface area contributed by atoms with Gasteiger partial charge in [0, 0.05) is 11.6 Å². The van der Waals surface area contributed by atoms with E-state index in [1.807, 2.05) is 24.3 Å². The quantitative estimate of drug-likeness (QED) is 0.865. The molecule has 2 N–H and O–H groups in total. The molecule has 1 aromatic heterocycles. The van der Waals surface area contributed by atoms with E-state index in [1.165, 1.54) is 10.4 Å². The smallest absolute Gasteiger partial charge is 0.321 e. The first-order valence-corrected chi connectivity index (χ1v) is 8.00. The van der Waals surface area contributed by atoms with Crippen LogP contribution in [0, 0.1) is 0 Å². The SMILES string of the molecule is CC(C)c1ccc(-c2nnn(CC(=O)NC(=O)NC3CC3)n2)cc1. The first-order chi connectivity index (χ1) is 11.5. The summed E-state index contributed by atoms with van der Waals surface area (Å²) in [5.41, 5.74) is 2.06. The van der Waals surface area contributed by atoms with Crippen LogP contribution in [0.1, 0.15) is 38.2 Å². The fourth-order valence-electron chi connectivity index (χ4n) is 2.19. The van der Waals surface area contributed by atoms with Crippen molar-refractivity contribution in [1.29, 1.82) is 0 Å². The van der Waals surface area contributed by atoms with Crippen molar-refractivity contribution in [2.75, 3.05) is 0 Å². The fourth-order valence-corrected chi connectivity index (χ4v) is 2.19. The maximum absolute atomic E-state index is 11.8. The van der Waals surface area contributed by atoms with Crippen molar-refractivity contribution in [2.24, 2.45) is 0 Å². The van der Waals surface area contributed by atoms with Crippen molar-refractivity contribution in [3.05, 3.63) is 29.8 Å². The second kappa shape index (κ2) is 6.77. The number of nitrogens with one attached hydrogen (secondary N) is 2. The minimum absolute atomic E-state index is 0.158. The van der Waals surface area contributed by atoms with Gasteiger partial charge in [-0.15, -0.1) is 10.2 Å². The van der Waals surface area contributed by atoms with Crippen LogP contribution >= 0.6 is 0 Å². The number of carbonyl (C=O) groups is 2. The molecule has 1 heterocycles. The highest BCUT2D eigenvalue weighted by molar-refractivity contribution is 5.94. The van der Waals surface area contributed by atoms with Crippen molar-refractivity contribution in [1.82, 2.24) is 30.8 Å². The second-order valence-electron chi connectivity index (χ2n) is 6.22. The van der Waals surface area contributed by atoms with Crippen LogP contribution in [-0.4, -0.2) is 38.2 Å². The van der Waals surface area contributed by atoms with Crippen molar-refractivity contribution >= 4 is 11.9 Å². The first-order valence-electron chi connectivity index (χ1n) is 8.00. The van der Waals surface area contributed by atoms with E-state index in [0.717, 1.165) is 18.4 Å². The number of aromatic nitrogens is 4. The Hall–Kier alpha value is -2.77. The third-order valence-electron chi connectivity index (χ3n) is 3.74. The Morgan fingerprint density at radius 2 is 1.96 bits per heavy atom. The molecule has 1 aliphatic rings. The van der Waals surface area contributed by atoms with Gasteiger partial charge in [-0.25, -0.2) is 4.79 Å². The minimum Gasteiger partial charge on any atom is -0.335 e. The van der Waals surface area contributed by atoms with Gasteiger partial charge in [-0.1, -0.05) is 38.1 Å². The number of imide groups is 1. The average molecular weight is 328 g/mol. The number of urea groups is 1. The number of hydrogen-bond donors (Lipinski definition) is 2. The Balaban J connectivity index is 1.58. The van der Waals surface area contributed by atoms with Crippen molar-refractivity contribution in [3.8, 4) is 11.4 Å². The molecule has 0 aliphatic heterocycles. The van der Waals surface area contributed by atoms with Crippen LogP contribution < -0.4 is 10.6 Å².